The van der Waals surface area contributed by atoms with Crippen LogP contribution in [0.3, 0.4) is 0 Å². The topological polar surface area (TPSA) is 276 Å². The van der Waals surface area contributed by atoms with Gasteiger partial charge in [-0.25, -0.2) is 9.59 Å². The van der Waals surface area contributed by atoms with Gasteiger partial charge >= 0.3 is 17.9 Å². The van der Waals surface area contributed by atoms with Gasteiger partial charge in [-0.15, -0.1) is 0 Å². The van der Waals surface area contributed by atoms with Crippen molar-refractivity contribution < 1.29 is 92.8 Å². The van der Waals surface area contributed by atoms with Crippen molar-refractivity contribution in [3.8, 4) is 0 Å². The summed E-state index contributed by atoms with van der Waals surface area (Å²) in [7, 11) is 3.59. The van der Waals surface area contributed by atoms with Gasteiger partial charge in [0.1, 0.15) is 54.9 Å². The number of aliphatic hydroxyl groups excluding tert-OH is 7. The summed E-state index contributed by atoms with van der Waals surface area (Å²) in [5.41, 5.74) is 2.12. The number of fused-ring (bicyclic) bond motifs is 4. The molecule has 0 bridgehead atoms. The molecule has 21 atom stereocenters. The van der Waals surface area contributed by atoms with Gasteiger partial charge < -0.3 is 78.4 Å². The Labute approximate surface area is 404 Å². The fourth-order valence-corrected chi connectivity index (χ4v) is 14.2. The fourth-order valence-electron chi connectivity index (χ4n) is 14.2. The van der Waals surface area contributed by atoms with Crippen molar-refractivity contribution in [1.29, 1.82) is 0 Å². The Bertz CT molecular complexity index is 1940. The Balaban J connectivity index is 1.10. The zero-order valence-corrected chi connectivity index (χ0v) is 41.8. The Morgan fingerprint density at radius 2 is 1.30 bits per heavy atom. The Hall–Kier alpha value is -2.63. The molecule has 7 rings (SSSR count). The van der Waals surface area contributed by atoms with Gasteiger partial charge in [-0.1, -0.05) is 57.4 Å². The highest BCUT2D eigenvalue weighted by molar-refractivity contribution is 5.83. The van der Waals surface area contributed by atoms with Gasteiger partial charge in [-0.2, -0.15) is 0 Å². The van der Waals surface area contributed by atoms with Crippen LogP contribution < -0.4 is 0 Å². The van der Waals surface area contributed by atoms with Crippen molar-refractivity contribution in [2.45, 2.75) is 205 Å². The third-order valence-electron chi connectivity index (χ3n) is 17.9. The van der Waals surface area contributed by atoms with Crippen LogP contribution in [0, 0.1) is 39.4 Å². The van der Waals surface area contributed by atoms with Gasteiger partial charge in [0.15, 0.2) is 31.1 Å². The average molecular weight is 983 g/mol. The molecular weight excluding hydrogens is 905 g/mol. The van der Waals surface area contributed by atoms with E-state index in [2.05, 4.69) is 54.5 Å². The number of allylic oxidation sites excluding steroid dienone is 3. The molecule has 392 valence electrons. The fraction of sp³-hybridized carbons (Fsp3) is 0.860. The predicted octanol–water partition coefficient (Wildman–Crippen LogP) is 2.11. The molecule has 0 unspecified atom stereocenters. The Morgan fingerprint density at radius 1 is 0.681 bits per heavy atom. The summed E-state index contributed by atoms with van der Waals surface area (Å²) in [6.45, 7) is 15.0. The van der Waals surface area contributed by atoms with Crippen LogP contribution in [0.2, 0.25) is 0 Å². The zero-order valence-electron chi connectivity index (χ0n) is 41.8. The quantitative estimate of drug-likeness (QED) is 0.0791. The molecule has 3 heterocycles. The van der Waals surface area contributed by atoms with Crippen molar-refractivity contribution in [3.63, 3.8) is 0 Å². The minimum atomic E-state index is -2.04. The summed E-state index contributed by atoms with van der Waals surface area (Å²) in [4.78, 5) is 40.7. The number of carbonyl (C=O) groups excluding carboxylic acids is 3. The van der Waals surface area contributed by atoms with Crippen LogP contribution in [-0.4, -0.2) is 174 Å². The van der Waals surface area contributed by atoms with E-state index in [9.17, 15) is 50.1 Å². The monoisotopic (exact) mass is 983 g/mol. The molecule has 0 radical (unpaired) electrons. The third-order valence-corrected chi connectivity index (χ3v) is 17.9. The van der Waals surface area contributed by atoms with E-state index < -0.39 is 121 Å². The highest BCUT2D eigenvalue weighted by Gasteiger charge is 2.69. The largest absolute Gasteiger partial charge is 0.468 e. The van der Waals surface area contributed by atoms with E-state index in [4.69, 9.17) is 42.6 Å². The molecule has 69 heavy (non-hydrogen) atoms. The maximum Gasteiger partial charge on any atom is 0.337 e. The second kappa shape index (κ2) is 20.7. The number of methoxy groups -OCH3 is 3. The van der Waals surface area contributed by atoms with Crippen LogP contribution in [0.4, 0.5) is 0 Å². The molecule has 7 N–H and O–H groups in total. The van der Waals surface area contributed by atoms with Crippen molar-refractivity contribution in [2.75, 3.05) is 27.9 Å². The maximum atomic E-state index is 14.4. The average Bonchev–Trinajstić information content (AvgIpc) is 3.64. The smallest absolute Gasteiger partial charge is 0.337 e. The van der Waals surface area contributed by atoms with Crippen LogP contribution in [-0.2, 0) is 57.0 Å². The van der Waals surface area contributed by atoms with Gasteiger partial charge in [0.05, 0.1) is 39.5 Å². The Kier molecular flexibility index (Phi) is 16.3. The normalized spacial score (nSPS) is 45.6. The lowest BCUT2D eigenvalue weighted by Gasteiger charge is -2.62. The maximum absolute atomic E-state index is 14.4. The molecular formula is C50H78O19. The highest BCUT2D eigenvalue weighted by Crippen LogP contribution is 2.73. The molecule has 4 aliphatic carbocycles. The Morgan fingerprint density at radius 3 is 1.96 bits per heavy atom. The van der Waals surface area contributed by atoms with Gasteiger partial charge in [0.2, 0.25) is 0 Å². The van der Waals surface area contributed by atoms with E-state index in [1.165, 1.54) is 23.8 Å². The molecule has 0 amide bonds. The van der Waals surface area contributed by atoms with Crippen molar-refractivity contribution in [3.05, 3.63) is 22.8 Å². The number of rotatable bonds is 13. The number of hydrogen-bond donors (Lipinski definition) is 7. The summed E-state index contributed by atoms with van der Waals surface area (Å²) in [6.07, 6.45) is -15.5. The second-order valence-corrected chi connectivity index (χ2v) is 22.1. The molecule has 19 nitrogen and oxygen atoms in total. The number of hydrogen-bond acceptors (Lipinski definition) is 19. The highest BCUT2D eigenvalue weighted by atomic mass is 16.8. The van der Waals surface area contributed by atoms with Crippen LogP contribution in [0.25, 0.3) is 0 Å². The molecule has 7 aliphatic rings. The van der Waals surface area contributed by atoms with Gasteiger partial charge in [0.25, 0.3) is 0 Å². The lowest BCUT2D eigenvalue weighted by molar-refractivity contribution is -0.373. The number of carbonyl (C=O) groups is 3. The summed E-state index contributed by atoms with van der Waals surface area (Å²) < 4.78 is 50.8. The molecule has 2 saturated carbocycles. The van der Waals surface area contributed by atoms with Crippen LogP contribution in [0.15, 0.2) is 22.8 Å². The lowest BCUT2D eigenvalue weighted by Crippen LogP contribution is -2.67. The number of esters is 3. The minimum absolute atomic E-state index is 0.0755. The second-order valence-electron chi connectivity index (χ2n) is 22.1. The van der Waals surface area contributed by atoms with E-state index in [-0.39, 0.29) is 22.7 Å². The number of ether oxygens (including phenoxy) is 9. The molecule has 3 aliphatic heterocycles. The molecule has 19 heteroatoms. The predicted molar refractivity (Wildman–Crippen MR) is 241 cm³/mol. The van der Waals surface area contributed by atoms with Crippen molar-refractivity contribution in [2.24, 2.45) is 39.4 Å². The van der Waals surface area contributed by atoms with E-state index in [0.717, 1.165) is 65.6 Å². The first-order valence-electron chi connectivity index (χ1n) is 24.7. The standard InChI is InChI=1S/C50H78O19/c1-23(2)12-11-13-24(3)25-17-21-50(46(60)63-10)27-14-15-29-47(4,5)30(18-19-48(29,6)26(27)16-20-49(25,50)7)65-44-34(55)32(53)38(40(69-44)42(59)62-9)67-45-36(57)37(35(56)39(68-45)41(58)61-8)66-43-33(54)31(52)28(51)22-64-43/h12,24-25,28-40,43-45,51-57H,11,13-22H2,1-10H3/t24-,25-,28+,29+,30+,31+,32-,33-,34-,35-,36-,37+,38+,39+,40+,43+,44-,45-,48-,49-,50+/m1/s1. The van der Waals surface area contributed by atoms with Crippen LogP contribution in [0.1, 0.15) is 113 Å². The van der Waals surface area contributed by atoms with E-state index in [1.807, 2.05) is 0 Å². The third kappa shape index (κ3) is 9.26. The van der Waals surface area contributed by atoms with Crippen molar-refractivity contribution in [1.82, 2.24) is 0 Å². The zero-order chi connectivity index (χ0) is 50.7. The molecule has 0 spiro atoms. The van der Waals surface area contributed by atoms with Crippen LogP contribution >= 0.6 is 0 Å². The molecule has 3 saturated heterocycles. The summed E-state index contributed by atoms with van der Waals surface area (Å²) >= 11 is 0. The van der Waals surface area contributed by atoms with Crippen molar-refractivity contribution >= 4 is 17.9 Å². The summed E-state index contributed by atoms with van der Waals surface area (Å²) in [6, 6.07) is 0. The minimum Gasteiger partial charge on any atom is -0.468 e. The van der Waals surface area contributed by atoms with E-state index >= 15 is 0 Å². The summed E-state index contributed by atoms with van der Waals surface area (Å²) in [5, 5.41) is 76.7. The molecule has 0 aromatic rings. The van der Waals surface area contributed by atoms with Gasteiger partial charge in [-0.05, 0) is 112 Å². The van der Waals surface area contributed by atoms with Gasteiger partial charge in [0, 0.05) is 0 Å². The van der Waals surface area contributed by atoms with Gasteiger partial charge in [-0.3, -0.25) is 4.79 Å². The first kappa shape index (κ1) is 54.2. The van der Waals surface area contributed by atoms with Crippen LogP contribution in [0.5, 0.6) is 0 Å². The number of aliphatic hydroxyl groups is 7. The SMILES string of the molecule is COC(=O)[C@H]1O[C@@H](O[C@H]2[C@H](O)[C@@H](O)[C@H](O[C@H]3CC[C@]4(C)C5=C(CC[C@H]4C3(C)C)[C@]3(C(=O)OC)CC[C@H]([C@H](C)CCC=C(C)C)[C@@]3(C)CC5)O[C@@H]2C(=O)OC)[C@H](O)[C@@H](O[C@@H]2OC[C@H](O)[C@H](O)[C@H]2O)[C@H]1O. The molecule has 0 aromatic carbocycles. The molecule has 0 aromatic heterocycles. The first-order chi connectivity index (χ1) is 32.4. The lowest BCUT2D eigenvalue weighted by atomic mass is 9.43. The summed E-state index contributed by atoms with van der Waals surface area (Å²) in [5.74, 6) is -1.43. The van der Waals surface area contributed by atoms with E-state index in [0.29, 0.717) is 24.7 Å². The molecule has 5 fully saturated rings. The van der Waals surface area contributed by atoms with E-state index in [1.54, 1.807) is 0 Å². The first-order valence-corrected chi connectivity index (χ1v) is 24.7.